The summed E-state index contributed by atoms with van der Waals surface area (Å²) in [7, 11) is 1.91. The zero-order valence-corrected chi connectivity index (χ0v) is 12.9. The predicted molar refractivity (Wildman–Crippen MR) is 90.3 cm³/mol. The molecule has 0 aliphatic heterocycles. The van der Waals surface area contributed by atoms with Crippen molar-refractivity contribution in [3.63, 3.8) is 0 Å². The number of hydrogen-bond acceptors (Lipinski definition) is 4. The molecule has 24 heavy (non-hydrogen) atoms. The van der Waals surface area contributed by atoms with Gasteiger partial charge >= 0.3 is 0 Å². The van der Waals surface area contributed by atoms with Gasteiger partial charge in [0.2, 0.25) is 0 Å². The standard InChI is InChI=1S/C17H13N7/c1-23-9-12(5-21-23)14-8-22-24-3-2-11(4-16(14)24)13-7-19-17-15(13)6-18-10-20-17/h2-10H,1H3,(H,18,19,20). The monoisotopic (exact) mass is 315 g/mol. The summed E-state index contributed by atoms with van der Waals surface area (Å²) < 4.78 is 3.66. The van der Waals surface area contributed by atoms with E-state index in [0.717, 1.165) is 38.8 Å². The first kappa shape index (κ1) is 13.0. The molecule has 0 unspecified atom stereocenters. The summed E-state index contributed by atoms with van der Waals surface area (Å²) in [6, 6.07) is 4.17. The highest BCUT2D eigenvalue weighted by atomic mass is 15.2. The third kappa shape index (κ3) is 1.84. The Bertz CT molecular complexity index is 1180. The fourth-order valence-electron chi connectivity index (χ4n) is 3.03. The first-order valence-electron chi connectivity index (χ1n) is 7.53. The van der Waals surface area contributed by atoms with Crippen LogP contribution in [0.1, 0.15) is 0 Å². The Hall–Kier alpha value is -3.48. The summed E-state index contributed by atoms with van der Waals surface area (Å²) in [5, 5.41) is 9.69. The Morgan fingerprint density at radius 1 is 1.04 bits per heavy atom. The molecule has 0 fully saturated rings. The van der Waals surface area contributed by atoms with Crippen LogP contribution in [0.3, 0.4) is 0 Å². The first-order valence-corrected chi connectivity index (χ1v) is 7.53. The summed E-state index contributed by atoms with van der Waals surface area (Å²) in [6.07, 6.45) is 13.0. The minimum atomic E-state index is 0.834. The molecule has 0 atom stereocenters. The Morgan fingerprint density at radius 2 is 2.00 bits per heavy atom. The van der Waals surface area contributed by atoms with Gasteiger partial charge in [-0.05, 0) is 17.7 Å². The third-order valence-corrected chi connectivity index (χ3v) is 4.20. The lowest BCUT2D eigenvalue weighted by atomic mass is 10.1. The lowest BCUT2D eigenvalue weighted by Crippen LogP contribution is -1.87. The lowest BCUT2D eigenvalue weighted by Gasteiger charge is -2.02. The highest BCUT2D eigenvalue weighted by molar-refractivity contribution is 5.94. The van der Waals surface area contributed by atoms with Gasteiger partial charge in [-0.3, -0.25) is 4.68 Å². The molecular weight excluding hydrogens is 302 g/mol. The van der Waals surface area contributed by atoms with Crippen molar-refractivity contribution in [2.75, 3.05) is 0 Å². The molecule has 0 saturated carbocycles. The predicted octanol–water partition coefficient (Wildman–Crippen LogP) is 2.67. The van der Waals surface area contributed by atoms with Crippen molar-refractivity contribution in [1.82, 2.24) is 34.3 Å². The van der Waals surface area contributed by atoms with Gasteiger partial charge in [0.25, 0.3) is 0 Å². The number of rotatable bonds is 2. The minimum absolute atomic E-state index is 0.834. The molecule has 0 saturated heterocycles. The molecule has 0 aliphatic carbocycles. The summed E-state index contributed by atoms with van der Waals surface area (Å²) in [4.78, 5) is 11.6. The van der Waals surface area contributed by atoms with Crippen LogP contribution in [0.2, 0.25) is 0 Å². The van der Waals surface area contributed by atoms with Gasteiger partial charge in [-0.15, -0.1) is 0 Å². The molecule has 5 aromatic heterocycles. The molecule has 0 aromatic carbocycles. The minimum Gasteiger partial charge on any atom is -0.345 e. The third-order valence-electron chi connectivity index (χ3n) is 4.20. The van der Waals surface area contributed by atoms with E-state index in [1.807, 2.05) is 54.8 Å². The molecular formula is C17H13N7. The first-order chi connectivity index (χ1) is 11.8. The van der Waals surface area contributed by atoms with Gasteiger partial charge in [0, 0.05) is 53.9 Å². The topological polar surface area (TPSA) is 76.7 Å². The van der Waals surface area contributed by atoms with E-state index in [1.165, 1.54) is 0 Å². The van der Waals surface area contributed by atoms with Gasteiger partial charge in [-0.25, -0.2) is 14.5 Å². The van der Waals surface area contributed by atoms with Gasteiger partial charge in [0.05, 0.1) is 17.9 Å². The molecule has 5 aromatic rings. The van der Waals surface area contributed by atoms with Gasteiger partial charge in [0.15, 0.2) is 0 Å². The molecule has 0 amide bonds. The van der Waals surface area contributed by atoms with Crippen LogP contribution in [-0.2, 0) is 7.05 Å². The van der Waals surface area contributed by atoms with E-state index in [0.29, 0.717) is 0 Å². The van der Waals surface area contributed by atoms with E-state index < -0.39 is 0 Å². The molecule has 7 nitrogen and oxygen atoms in total. The number of aryl methyl sites for hydroxylation is 1. The molecule has 116 valence electrons. The van der Waals surface area contributed by atoms with Crippen molar-refractivity contribution in [3.05, 3.63) is 55.6 Å². The molecule has 0 spiro atoms. The fourth-order valence-corrected chi connectivity index (χ4v) is 3.03. The SMILES string of the molecule is Cn1cc(-c2cnn3ccc(-c4c[nH]c5ncncc45)cc23)cn1. The van der Waals surface area contributed by atoms with Crippen LogP contribution in [0, 0.1) is 0 Å². The zero-order chi connectivity index (χ0) is 16.1. The maximum atomic E-state index is 4.44. The summed E-state index contributed by atoms with van der Waals surface area (Å²) in [5.74, 6) is 0. The van der Waals surface area contributed by atoms with Crippen molar-refractivity contribution in [1.29, 1.82) is 0 Å². The second-order valence-corrected chi connectivity index (χ2v) is 5.69. The summed E-state index contributed by atoms with van der Waals surface area (Å²) in [5.41, 5.74) is 6.14. The van der Waals surface area contributed by atoms with Crippen molar-refractivity contribution < 1.29 is 0 Å². The molecule has 5 rings (SSSR count). The van der Waals surface area contributed by atoms with E-state index in [9.17, 15) is 0 Å². The Morgan fingerprint density at radius 3 is 2.88 bits per heavy atom. The lowest BCUT2D eigenvalue weighted by molar-refractivity contribution is 0.768. The second-order valence-electron chi connectivity index (χ2n) is 5.69. The van der Waals surface area contributed by atoms with Gasteiger partial charge in [-0.1, -0.05) is 0 Å². The fraction of sp³-hybridized carbons (Fsp3) is 0.0588. The number of nitrogens with zero attached hydrogens (tertiary/aromatic N) is 6. The average molecular weight is 315 g/mol. The van der Waals surface area contributed by atoms with Crippen molar-refractivity contribution in [2.45, 2.75) is 0 Å². The van der Waals surface area contributed by atoms with E-state index in [-0.39, 0.29) is 0 Å². The average Bonchev–Trinajstić information content (AvgIpc) is 3.31. The number of aromatic amines is 1. The summed E-state index contributed by atoms with van der Waals surface area (Å²) in [6.45, 7) is 0. The maximum absolute atomic E-state index is 4.44. The largest absolute Gasteiger partial charge is 0.345 e. The maximum Gasteiger partial charge on any atom is 0.141 e. The van der Waals surface area contributed by atoms with E-state index in [2.05, 4.69) is 31.2 Å². The van der Waals surface area contributed by atoms with Crippen LogP contribution in [-0.4, -0.2) is 34.3 Å². The zero-order valence-electron chi connectivity index (χ0n) is 12.9. The highest BCUT2D eigenvalue weighted by Gasteiger charge is 2.12. The molecule has 0 aliphatic rings. The molecule has 0 radical (unpaired) electrons. The van der Waals surface area contributed by atoms with Crippen LogP contribution < -0.4 is 0 Å². The number of pyridine rings is 1. The number of nitrogens with one attached hydrogen (secondary N) is 1. The number of H-pyrrole nitrogens is 1. The molecule has 0 bridgehead atoms. The van der Waals surface area contributed by atoms with E-state index >= 15 is 0 Å². The van der Waals surface area contributed by atoms with Crippen LogP contribution in [0.4, 0.5) is 0 Å². The van der Waals surface area contributed by atoms with Crippen molar-refractivity contribution in [3.8, 4) is 22.3 Å². The number of aromatic nitrogens is 7. The quantitative estimate of drug-likeness (QED) is 0.543. The van der Waals surface area contributed by atoms with Gasteiger partial charge in [0.1, 0.15) is 12.0 Å². The highest BCUT2D eigenvalue weighted by Crippen LogP contribution is 2.31. The van der Waals surface area contributed by atoms with Crippen LogP contribution in [0.15, 0.2) is 55.6 Å². The molecule has 1 N–H and O–H groups in total. The number of hydrogen-bond donors (Lipinski definition) is 1. The Balaban J connectivity index is 1.73. The molecule has 7 heteroatoms. The van der Waals surface area contributed by atoms with Crippen LogP contribution >= 0.6 is 0 Å². The number of fused-ring (bicyclic) bond motifs is 2. The smallest absolute Gasteiger partial charge is 0.141 e. The van der Waals surface area contributed by atoms with Crippen LogP contribution in [0.5, 0.6) is 0 Å². The van der Waals surface area contributed by atoms with Crippen molar-refractivity contribution >= 4 is 16.6 Å². The molecule has 5 heterocycles. The Labute approximate surface area is 136 Å². The van der Waals surface area contributed by atoms with Gasteiger partial charge < -0.3 is 4.98 Å². The van der Waals surface area contributed by atoms with E-state index in [4.69, 9.17) is 0 Å². The Kier molecular flexibility index (Phi) is 2.58. The summed E-state index contributed by atoms with van der Waals surface area (Å²) >= 11 is 0. The van der Waals surface area contributed by atoms with Gasteiger partial charge in [-0.2, -0.15) is 10.2 Å². The normalized spacial score (nSPS) is 11.5. The second kappa shape index (κ2) is 4.76. The van der Waals surface area contributed by atoms with E-state index in [1.54, 1.807) is 11.0 Å². The van der Waals surface area contributed by atoms with Crippen LogP contribution in [0.25, 0.3) is 38.8 Å². The van der Waals surface area contributed by atoms with Crippen molar-refractivity contribution in [2.24, 2.45) is 7.05 Å².